The van der Waals surface area contributed by atoms with Gasteiger partial charge in [-0.15, -0.1) is 0 Å². The minimum atomic E-state index is -0.923. The predicted octanol–water partition coefficient (Wildman–Crippen LogP) is 0.551. The summed E-state index contributed by atoms with van der Waals surface area (Å²) in [5, 5.41) is 12.9. The average Bonchev–Trinajstić information content (AvgIpc) is 2.78. The lowest BCUT2D eigenvalue weighted by Gasteiger charge is -2.22. The maximum Gasteiger partial charge on any atom is 0.201 e. The van der Waals surface area contributed by atoms with E-state index in [0.29, 0.717) is 0 Å². The van der Waals surface area contributed by atoms with Crippen molar-refractivity contribution in [1.29, 1.82) is 5.26 Å². The zero-order chi connectivity index (χ0) is 13.1. The second-order valence-electron chi connectivity index (χ2n) is 4.35. The van der Waals surface area contributed by atoms with E-state index in [-0.39, 0.29) is 11.4 Å². The summed E-state index contributed by atoms with van der Waals surface area (Å²) in [7, 11) is 3.51. The zero-order valence-electron chi connectivity index (χ0n) is 10.4. The Hall–Kier alpha value is -2.16. The van der Waals surface area contributed by atoms with Crippen molar-refractivity contribution in [3.63, 3.8) is 0 Å². The third-order valence-corrected chi connectivity index (χ3v) is 2.30. The van der Waals surface area contributed by atoms with Gasteiger partial charge in [-0.05, 0) is 13.8 Å². The average molecular weight is 233 g/mol. The summed E-state index contributed by atoms with van der Waals surface area (Å²) >= 11 is 0. The van der Waals surface area contributed by atoms with Crippen LogP contribution in [0.25, 0.3) is 0 Å². The Kier molecular flexibility index (Phi) is 3.63. The van der Waals surface area contributed by atoms with Crippen molar-refractivity contribution in [3.05, 3.63) is 24.4 Å². The van der Waals surface area contributed by atoms with Crippen molar-refractivity contribution >= 4 is 5.78 Å². The highest BCUT2D eigenvalue weighted by molar-refractivity contribution is 6.03. The van der Waals surface area contributed by atoms with E-state index in [4.69, 9.17) is 5.26 Å². The fraction of sp³-hybridized carbons (Fsp3) is 0.455. The van der Waals surface area contributed by atoms with Crippen molar-refractivity contribution < 1.29 is 4.79 Å². The number of Topliss-reactive ketones (excluding diaryl/α,β-unsaturated/α-hetero) is 1. The first-order chi connectivity index (χ1) is 7.89. The lowest BCUT2D eigenvalue weighted by molar-refractivity contribution is -0.122. The molecule has 0 aliphatic carbocycles. The minimum absolute atomic E-state index is 0.0931. The first-order valence-electron chi connectivity index (χ1n) is 5.08. The van der Waals surface area contributed by atoms with Crippen LogP contribution in [0.5, 0.6) is 0 Å². The van der Waals surface area contributed by atoms with E-state index >= 15 is 0 Å². The van der Waals surface area contributed by atoms with Gasteiger partial charge in [0, 0.05) is 20.3 Å². The smallest absolute Gasteiger partial charge is 0.201 e. The number of hydrogen-bond acceptors (Lipinski definition) is 5. The van der Waals surface area contributed by atoms with E-state index in [9.17, 15) is 4.79 Å². The Labute approximate surface area is 100 Å². The molecule has 0 fully saturated rings. The molecule has 17 heavy (non-hydrogen) atoms. The van der Waals surface area contributed by atoms with Crippen LogP contribution in [0, 0.1) is 11.3 Å². The maximum atomic E-state index is 12.2. The summed E-state index contributed by atoms with van der Waals surface area (Å²) in [6, 6.07) is 1.91. The molecule has 6 heteroatoms. The summed E-state index contributed by atoms with van der Waals surface area (Å²) in [4.78, 5) is 17.7. The Balaban J connectivity index is 3.09. The van der Waals surface area contributed by atoms with Gasteiger partial charge in [-0.2, -0.15) is 10.4 Å². The van der Waals surface area contributed by atoms with Crippen molar-refractivity contribution in [3.8, 4) is 6.07 Å². The van der Waals surface area contributed by atoms with E-state index in [1.165, 1.54) is 23.5 Å². The standard InChI is InChI=1S/C11H15N5O/c1-11(2,16-8-13-7-14-16)10(17)9(5-12)6-15(3)4/h6-8H,1-4H3/b9-6-. The lowest BCUT2D eigenvalue weighted by atomic mass is 9.94. The van der Waals surface area contributed by atoms with Crippen LogP contribution in [0.15, 0.2) is 24.4 Å². The third kappa shape index (κ3) is 2.69. The maximum absolute atomic E-state index is 12.2. The van der Waals surface area contributed by atoms with Gasteiger partial charge in [-0.3, -0.25) is 4.79 Å². The summed E-state index contributed by atoms with van der Waals surface area (Å²) in [6.45, 7) is 3.40. The van der Waals surface area contributed by atoms with Crippen LogP contribution < -0.4 is 0 Å². The van der Waals surface area contributed by atoms with Crippen molar-refractivity contribution in [1.82, 2.24) is 19.7 Å². The number of ketones is 1. The van der Waals surface area contributed by atoms with Gasteiger partial charge in [0.2, 0.25) is 5.78 Å². The van der Waals surface area contributed by atoms with Crippen molar-refractivity contribution in [2.24, 2.45) is 0 Å². The van der Waals surface area contributed by atoms with Gasteiger partial charge >= 0.3 is 0 Å². The van der Waals surface area contributed by atoms with Crippen LogP contribution in [0.1, 0.15) is 13.8 Å². The molecule has 0 amide bonds. The second kappa shape index (κ2) is 4.78. The first-order valence-corrected chi connectivity index (χ1v) is 5.08. The molecule has 0 unspecified atom stereocenters. The SMILES string of the molecule is CN(C)/C=C(/C#N)C(=O)C(C)(C)n1cncn1. The highest BCUT2D eigenvalue weighted by Crippen LogP contribution is 2.19. The second-order valence-corrected chi connectivity index (χ2v) is 4.35. The Morgan fingerprint density at radius 1 is 1.53 bits per heavy atom. The Morgan fingerprint density at radius 2 is 2.18 bits per heavy atom. The van der Waals surface area contributed by atoms with Gasteiger partial charge < -0.3 is 4.90 Å². The molecule has 0 N–H and O–H groups in total. The molecule has 1 heterocycles. The van der Waals surface area contributed by atoms with Gasteiger partial charge in [-0.1, -0.05) is 0 Å². The molecule has 0 atom stereocenters. The summed E-state index contributed by atoms with van der Waals surface area (Å²) in [5.74, 6) is -0.292. The van der Waals surface area contributed by atoms with Crippen LogP contribution in [0.3, 0.4) is 0 Å². The number of carbonyl (C=O) groups excluding carboxylic acids is 1. The molecule has 0 saturated heterocycles. The van der Waals surface area contributed by atoms with Crippen LogP contribution in [-0.2, 0) is 10.3 Å². The molecule has 90 valence electrons. The van der Waals surface area contributed by atoms with Crippen molar-refractivity contribution in [2.75, 3.05) is 14.1 Å². The third-order valence-electron chi connectivity index (χ3n) is 2.30. The zero-order valence-corrected chi connectivity index (χ0v) is 10.4. The Morgan fingerprint density at radius 3 is 2.59 bits per heavy atom. The number of nitrogens with zero attached hydrogens (tertiary/aromatic N) is 5. The number of rotatable bonds is 4. The molecule has 0 saturated carbocycles. The van der Waals surface area contributed by atoms with E-state index in [1.807, 2.05) is 6.07 Å². The molecule has 1 aromatic rings. The number of carbonyl (C=O) groups is 1. The van der Waals surface area contributed by atoms with Crippen LogP contribution >= 0.6 is 0 Å². The topological polar surface area (TPSA) is 74.8 Å². The van der Waals surface area contributed by atoms with Crippen molar-refractivity contribution in [2.45, 2.75) is 19.4 Å². The number of aromatic nitrogens is 3. The lowest BCUT2D eigenvalue weighted by Crippen LogP contribution is -2.37. The van der Waals surface area contributed by atoms with Crippen LogP contribution in [0.4, 0.5) is 0 Å². The molecule has 0 aliphatic heterocycles. The van der Waals surface area contributed by atoms with E-state index in [0.717, 1.165) is 0 Å². The summed E-state index contributed by atoms with van der Waals surface area (Å²) in [5.41, 5.74) is -0.829. The molecule has 0 bridgehead atoms. The largest absolute Gasteiger partial charge is 0.382 e. The monoisotopic (exact) mass is 233 g/mol. The highest BCUT2D eigenvalue weighted by atomic mass is 16.1. The molecule has 0 aromatic carbocycles. The normalized spacial score (nSPS) is 12.1. The molecule has 1 rings (SSSR count). The molecular weight excluding hydrogens is 218 g/mol. The fourth-order valence-electron chi connectivity index (χ4n) is 1.33. The summed E-state index contributed by atoms with van der Waals surface area (Å²) < 4.78 is 1.44. The van der Waals surface area contributed by atoms with Gasteiger partial charge in [0.15, 0.2) is 0 Å². The highest BCUT2D eigenvalue weighted by Gasteiger charge is 2.33. The predicted molar refractivity (Wildman–Crippen MR) is 61.7 cm³/mol. The van der Waals surface area contributed by atoms with Gasteiger partial charge in [0.25, 0.3) is 0 Å². The van der Waals surface area contributed by atoms with Gasteiger partial charge in [0.05, 0.1) is 0 Å². The van der Waals surface area contributed by atoms with Gasteiger partial charge in [-0.25, -0.2) is 9.67 Å². The van der Waals surface area contributed by atoms with E-state index < -0.39 is 5.54 Å². The molecular formula is C11H15N5O. The summed E-state index contributed by atoms with van der Waals surface area (Å²) in [6.07, 6.45) is 4.32. The molecule has 0 aliphatic rings. The number of nitriles is 1. The molecule has 1 aromatic heterocycles. The minimum Gasteiger partial charge on any atom is -0.382 e. The van der Waals surface area contributed by atoms with E-state index in [1.54, 1.807) is 32.8 Å². The Bertz CT molecular complexity index is 465. The van der Waals surface area contributed by atoms with E-state index in [2.05, 4.69) is 10.1 Å². The molecule has 0 radical (unpaired) electrons. The van der Waals surface area contributed by atoms with Crippen LogP contribution in [-0.4, -0.2) is 39.5 Å². The fourth-order valence-corrected chi connectivity index (χ4v) is 1.33. The van der Waals surface area contributed by atoms with Crippen LogP contribution in [0.2, 0.25) is 0 Å². The molecule has 0 spiro atoms. The number of allylic oxidation sites excluding steroid dienone is 1. The first kappa shape index (κ1) is 12.9. The van der Waals surface area contributed by atoms with Gasteiger partial charge in [0.1, 0.15) is 29.8 Å². The quantitative estimate of drug-likeness (QED) is 0.561. The number of hydrogen-bond donors (Lipinski definition) is 0. The molecule has 6 nitrogen and oxygen atoms in total.